The number of hydrazine groups is 1. The average molecular weight is 558 g/mol. The molecule has 3 aromatic rings. The second-order valence-electron chi connectivity index (χ2n) is 6.69. The van der Waals surface area contributed by atoms with Gasteiger partial charge >= 0.3 is 12.4 Å². The van der Waals surface area contributed by atoms with Gasteiger partial charge in [-0.05, 0) is 53.8 Å². The molecule has 17 heteroatoms. The van der Waals surface area contributed by atoms with Crippen LogP contribution < -0.4 is 16.2 Å². The lowest BCUT2D eigenvalue weighted by molar-refractivity contribution is -0.143. The lowest BCUT2D eigenvalue weighted by Gasteiger charge is -2.13. The van der Waals surface area contributed by atoms with E-state index in [2.05, 4.69) is 31.6 Å². The number of aromatic nitrogens is 4. The molecular formula is C18H11Cl2F6N7OS. The van der Waals surface area contributed by atoms with Gasteiger partial charge in [0.2, 0.25) is 5.82 Å². The number of nitrogens with zero attached hydrogens (tertiary/aromatic N) is 4. The Morgan fingerprint density at radius 2 is 1.57 bits per heavy atom. The normalized spacial score (nSPS) is 11.8. The summed E-state index contributed by atoms with van der Waals surface area (Å²) in [6.45, 7) is -0.583. The van der Waals surface area contributed by atoms with Crippen LogP contribution in [0.5, 0.6) is 0 Å². The van der Waals surface area contributed by atoms with E-state index < -0.39 is 47.3 Å². The molecule has 1 heterocycles. The fraction of sp³-hybridized carbons (Fsp3) is 0.167. The Hall–Kier alpha value is -3.17. The fourth-order valence-electron chi connectivity index (χ4n) is 2.54. The van der Waals surface area contributed by atoms with Crippen molar-refractivity contribution in [2.45, 2.75) is 18.9 Å². The van der Waals surface area contributed by atoms with E-state index in [1.54, 1.807) is 6.07 Å². The number of alkyl halides is 6. The van der Waals surface area contributed by atoms with Gasteiger partial charge in [0.15, 0.2) is 5.11 Å². The second-order valence-corrected chi connectivity index (χ2v) is 7.92. The molecule has 0 aliphatic carbocycles. The minimum Gasteiger partial charge on any atom is -0.331 e. The Morgan fingerprint density at radius 1 is 0.943 bits per heavy atom. The van der Waals surface area contributed by atoms with Crippen LogP contribution in [0.1, 0.15) is 11.1 Å². The minimum absolute atomic E-state index is 0.0258. The zero-order chi connectivity index (χ0) is 26.0. The summed E-state index contributed by atoms with van der Waals surface area (Å²) in [4.78, 5) is 12.7. The monoisotopic (exact) mass is 557 g/mol. The molecular weight excluding hydrogens is 547 g/mol. The van der Waals surface area contributed by atoms with Crippen molar-refractivity contribution in [3.63, 3.8) is 0 Å². The first-order chi connectivity index (χ1) is 16.2. The van der Waals surface area contributed by atoms with Crippen LogP contribution in [-0.4, -0.2) is 31.2 Å². The summed E-state index contributed by atoms with van der Waals surface area (Å²) in [5.74, 6) is -1.30. The quantitative estimate of drug-likeness (QED) is 0.243. The molecule has 0 bridgehead atoms. The Labute approximate surface area is 207 Å². The molecule has 0 unspecified atom stereocenters. The highest BCUT2D eigenvalue weighted by Crippen LogP contribution is 2.38. The van der Waals surface area contributed by atoms with Crippen LogP contribution in [0.2, 0.25) is 10.0 Å². The van der Waals surface area contributed by atoms with Crippen molar-refractivity contribution >= 4 is 52.1 Å². The average Bonchev–Trinajstić information content (AvgIpc) is 3.22. The van der Waals surface area contributed by atoms with Gasteiger partial charge in [-0.1, -0.05) is 23.2 Å². The molecule has 2 aromatic carbocycles. The summed E-state index contributed by atoms with van der Waals surface area (Å²) in [6.07, 6.45) is -10.1. The predicted octanol–water partition coefficient (Wildman–Crippen LogP) is 4.70. The van der Waals surface area contributed by atoms with Crippen molar-refractivity contribution < 1.29 is 31.1 Å². The molecule has 35 heavy (non-hydrogen) atoms. The molecule has 0 atom stereocenters. The second kappa shape index (κ2) is 10.2. The number of hydrogen-bond donors (Lipinski definition) is 3. The summed E-state index contributed by atoms with van der Waals surface area (Å²) in [7, 11) is 0. The molecule has 8 nitrogen and oxygen atoms in total. The molecule has 0 saturated heterocycles. The number of halogens is 8. The summed E-state index contributed by atoms with van der Waals surface area (Å²) in [5, 5.41) is 13.9. The number of rotatable bonds is 4. The first kappa shape index (κ1) is 26.4. The summed E-state index contributed by atoms with van der Waals surface area (Å²) < 4.78 is 78.2. The van der Waals surface area contributed by atoms with Gasteiger partial charge in [0.1, 0.15) is 6.54 Å². The summed E-state index contributed by atoms with van der Waals surface area (Å²) in [5.41, 5.74) is 1.39. The van der Waals surface area contributed by atoms with Crippen LogP contribution >= 0.6 is 35.4 Å². The smallest absolute Gasteiger partial charge is 0.331 e. The van der Waals surface area contributed by atoms with Crippen molar-refractivity contribution in [3.8, 4) is 11.4 Å². The van der Waals surface area contributed by atoms with Crippen LogP contribution in [0.25, 0.3) is 11.4 Å². The van der Waals surface area contributed by atoms with Crippen molar-refractivity contribution in [2.75, 3.05) is 5.32 Å². The van der Waals surface area contributed by atoms with Crippen LogP contribution in [0.3, 0.4) is 0 Å². The number of amides is 1. The third kappa shape index (κ3) is 7.16. The highest BCUT2D eigenvalue weighted by molar-refractivity contribution is 7.80. The van der Waals surface area contributed by atoms with Crippen LogP contribution in [0.15, 0.2) is 36.4 Å². The van der Waals surface area contributed by atoms with E-state index in [1.807, 2.05) is 0 Å². The number of benzene rings is 2. The molecule has 0 saturated carbocycles. The third-order valence-electron chi connectivity index (χ3n) is 4.08. The minimum atomic E-state index is -5.04. The van der Waals surface area contributed by atoms with E-state index in [-0.39, 0.29) is 16.2 Å². The molecule has 0 aliphatic heterocycles. The zero-order valence-electron chi connectivity index (χ0n) is 16.8. The van der Waals surface area contributed by atoms with E-state index in [0.29, 0.717) is 27.6 Å². The maximum Gasteiger partial charge on any atom is 0.416 e. The Bertz CT molecular complexity index is 1230. The summed E-state index contributed by atoms with van der Waals surface area (Å²) >= 11 is 16.7. The van der Waals surface area contributed by atoms with Gasteiger partial charge in [0.05, 0.1) is 21.2 Å². The predicted molar refractivity (Wildman–Crippen MR) is 117 cm³/mol. The highest BCUT2D eigenvalue weighted by atomic mass is 35.5. The molecule has 1 aromatic heterocycles. The zero-order valence-corrected chi connectivity index (χ0v) is 19.1. The molecule has 0 spiro atoms. The van der Waals surface area contributed by atoms with Gasteiger partial charge < -0.3 is 5.32 Å². The number of carbonyl (C=O) groups excluding carboxylic acids is 1. The number of thiocarbonyl (C=S) groups is 1. The fourth-order valence-corrected chi connectivity index (χ4v) is 3.01. The Kier molecular flexibility index (Phi) is 7.71. The first-order valence-corrected chi connectivity index (χ1v) is 10.3. The van der Waals surface area contributed by atoms with Gasteiger partial charge in [0, 0.05) is 11.3 Å². The SMILES string of the molecule is O=C(Cn1nnc(-c2cc(C(F)(F)F)cc(C(F)(F)F)c2)n1)NNC(=S)Nc1ccc(Cl)c(Cl)c1. The highest BCUT2D eigenvalue weighted by Gasteiger charge is 2.37. The Balaban J connectivity index is 1.65. The molecule has 3 rings (SSSR count). The molecule has 0 aliphatic rings. The van der Waals surface area contributed by atoms with Crippen molar-refractivity contribution in [3.05, 3.63) is 57.6 Å². The van der Waals surface area contributed by atoms with Gasteiger partial charge in [-0.15, -0.1) is 10.2 Å². The lowest BCUT2D eigenvalue weighted by Crippen LogP contribution is -2.45. The standard InChI is InChI=1S/C18H11Cl2F6N7OS/c19-12-2-1-11(6-13(12)20)27-16(35)30-28-14(34)7-33-31-15(29-32-33)8-3-9(17(21,22)23)5-10(4-8)18(24,25)26/h1-6H,7H2,(H,28,34)(H2,27,30,35). The molecule has 186 valence electrons. The van der Waals surface area contributed by atoms with E-state index in [4.69, 9.17) is 35.4 Å². The van der Waals surface area contributed by atoms with Crippen LogP contribution in [-0.2, 0) is 23.7 Å². The first-order valence-electron chi connectivity index (χ1n) is 9.11. The van der Waals surface area contributed by atoms with E-state index in [0.717, 1.165) is 0 Å². The van der Waals surface area contributed by atoms with E-state index in [9.17, 15) is 31.1 Å². The lowest BCUT2D eigenvalue weighted by atomic mass is 10.0. The van der Waals surface area contributed by atoms with Crippen molar-refractivity contribution in [2.24, 2.45) is 0 Å². The van der Waals surface area contributed by atoms with Crippen molar-refractivity contribution in [1.82, 2.24) is 31.1 Å². The largest absolute Gasteiger partial charge is 0.416 e. The number of anilines is 1. The van der Waals surface area contributed by atoms with Crippen molar-refractivity contribution in [1.29, 1.82) is 0 Å². The number of nitrogens with one attached hydrogen (secondary N) is 3. The number of carbonyl (C=O) groups is 1. The molecule has 1 amide bonds. The topological polar surface area (TPSA) is 96.8 Å². The molecule has 0 radical (unpaired) electrons. The van der Waals surface area contributed by atoms with Gasteiger partial charge in [-0.3, -0.25) is 15.6 Å². The van der Waals surface area contributed by atoms with Crippen LogP contribution in [0, 0.1) is 0 Å². The maximum absolute atomic E-state index is 13.0. The Morgan fingerprint density at radius 3 is 2.14 bits per heavy atom. The number of hydrogen-bond acceptors (Lipinski definition) is 5. The third-order valence-corrected chi connectivity index (χ3v) is 5.02. The van der Waals surface area contributed by atoms with E-state index >= 15 is 0 Å². The van der Waals surface area contributed by atoms with Gasteiger partial charge in [0.25, 0.3) is 5.91 Å². The van der Waals surface area contributed by atoms with E-state index in [1.165, 1.54) is 12.1 Å². The molecule has 3 N–H and O–H groups in total. The van der Waals surface area contributed by atoms with Crippen LogP contribution in [0.4, 0.5) is 32.0 Å². The number of tetrazole rings is 1. The van der Waals surface area contributed by atoms with Gasteiger partial charge in [-0.25, -0.2) is 0 Å². The maximum atomic E-state index is 13.0. The van der Waals surface area contributed by atoms with Gasteiger partial charge in [-0.2, -0.15) is 31.1 Å². The summed E-state index contributed by atoms with van der Waals surface area (Å²) in [6, 6.07) is 5.45. The molecule has 0 fully saturated rings.